The summed E-state index contributed by atoms with van der Waals surface area (Å²) in [5.41, 5.74) is 0.159. The highest BCUT2D eigenvalue weighted by Gasteiger charge is 2.32. The van der Waals surface area contributed by atoms with E-state index in [-0.39, 0.29) is 16.4 Å². The zero-order valence-electron chi connectivity index (χ0n) is 15.4. The molecule has 7 nitrogen and oxygen atoms in total. The van der Waals surface area contributed by atoms with Gasteiger partial charge in [-0.1, -0.05) is 26.0 Å². The van der Waals surface area contributed by atoms with Gasteiger partial charge in [0, 0.05) is 6.54 Å². The van der Waals surface area contributed by atoms with Crippen LogP contribution in [0.15, 0.2) is 29.2 Å². The van der Waals surface area contributed by atoms with Crippen LogP contribution in [0.1, 0.15) is 25.8 Å². The fourth-order valence-corrected chi connectivity index (χ4v) is 4.52. The van der Waals surface area contributed by atoms with Crippen molar-refractivity contribution in [2.75, 3.05) is 39.3 Å². The van der Waals surface area contributed by atoms with Crippen molar-refractivity contribution in [3.05, 3.63) is 29.8 Å². The standard InChI is InChI=1S/C18H26N4O3S/c1-15(2)7-8-20-18(23)14-21-9-11-22(12-10-21)26(24,25)17-6-4-3-5-16(17)13-19/h3-6,15H,7-12,14H2,1-2H3,(H,20,23)/p+1. The number of nitrogens with zero attached hydrogens (tertiary/aromatic N) is 2. The number of nitriles is 1. The summed E-state index contributed by atoms with van der Waals surface area (Å²) in [6.45, 7) is 7.10. The Morgan fingerprint density at radius 3 is 2.58 bits per heavy atom. The van der Waals surface area contributed by atoms with Gasteiger partial charge in [-0.15, -0.1) is 0 Å². The van der Waals surface area contributed by atoms with Gasteiger partial charge in [0.1, 0.15) is 6.07 Å². The summed E-state index contributed by atoms with van der Waals surface area (Å²) in [5, 5.41) is 12.1. The molecule has 142 valence electrons. The summed E-state index contributed by atoms with van der Waals surface area (Å²) in [6.07, 6.45) is 0.950. The maximum Gasteiger partial charge on any atom is 0.275 e. The van der Waals surface area contributed by atoms with E-state index in [0.29, 0.717) is 45.2 Å². The van der Waals surface area contributed by atoms with E-state index in [1.807, 2.05) is 6.07 Å². The first kappa shape index (κ1) is 20.4. The first-order valence-corrected chi connectivity index (χ1v) is 10.4. The molecule has 0 spiro atoms. The molecule has 1 fully saturated rings. The Hall–Kier alpha value is -1.95. The predicted octanol–water partition coefficient (Wildman–Crippen LogP) is -0.390. The van der Waals surface area contributed by atoms with Crippen LogP contribution >= 0.6 is 0 Å². The zero-order valence-corrected chi connectivity index (χ0v) is 16.2. The fraction of sp³-hybridized carbons (Fsp3) is 0.556. The first-order valence-electron chi connectivity index (χ1n) is 8.94. The SMILES string of the molecule is CC(C)CCNC(=O)C[NH+]1CCN(S(=O)(=O)c2ccccc2C#N)CC1. The van der Waals surface area contributed by atoms with Crippen LogP contribution in [0.5, 0.6) is 0 Å². The van der Waals surface area contributed by atoms with Gasteiger partial charge in [0.25, 0.3) is 5.91 Å². The van der Waals surface area contributed by atoms with Gasteiger partial charge >= 0.3 is 0 Å². The largest absolute Gasteiger partial charge is 0.351 e. The van der Waals surface area contributed by atoms with Crippen LogP contribution in [0, 0.1) is 17.2 Å². The molecule has 1 aliphatic heterocycles. The molecule has 2 N–H and O–H groups in total. The van der Waals surface area contributed by atoms with E-state index >= 15 is 0 Å². The van der Waals surface area contributed by atoms with Crippen LogP contribution < -0.4 is 10.2 Å². The summed E-state index contributed by atoms with van der Waals surface area (Å²) in [6, 6.07) is 8.19. The van der Waals surface area contributed by atoms with E-state index in [1.54, 1.807) is 12.1 Å². The molecule has 26 heavy (non-hydrogen) atoms. The lowest BCUT2D eigenvalue weighted by atomic mass is 10.1. The Kier molecular flexibility index (Phi) is 7.14. The van der Waals surface area contributed by atoms with Crippen molar-refractivity contribution in [1.29, 1.82) is 5.26 Å². The molecule has 0 aromatic heterocycles. The highest BCUT2D eigenvalue weighted by molar-refractivity contribution is 7.89. The molecule has 0 atom stereocenters. The normalized spacial score (nSPS) is 16.4. The Balaban J connectivity index is 1.90. The second kappa shape index (κ2) is 9.12. The summed E-state index contributed by atoms with van der Waals surface area (Å²) < 4.78 is 27.0. The molecule has 1 amide bonds. The molecule has 1 aromatic rings. The minimum Gasteiger partial charge on any atom is -0.351 e. The van der Waals surface area contributed by atoms with E-state index in [4.69, 9.17) is 5.26 Å². The molecule has 1 heterocycles. The van der Waals surface area contributed by atoms with Gasteiger partial charge in [-0.3, -0.25) is 4.79 Å². The Bertz CT molecular complexity index is 763. The summed E-state index contributed by atoms with van der Waals surface area (Å²) in [7, 11) is -3.68. The number of rotatable bonds is 7. The number of benzene rings is 1. The number of amides is 1. The van der Waals surface area contributed by atoms with Gasteiger partial charge in [-0.05, 0) is 24.5 Å². The molecule has 0 radical (unpaired) electrons. The van der Waals surface area contributed by atoms with Crippen LogP contribution in [0.2, 0.25) is 0 Å². The van der Waals surface area contributed by atoms with Crippen molar-refractivity contribution in [2.45, 2.75) is 25.2 Å². The zero-order chi connectivity index (χ0) is 19.2. The number of quaternary nitrogens is 1. The number of sulfonamides is 1. The smallest absolute Gasteiger partial charge is 0.275 e. The summed E-state index contributed by atoms with van der Waals surface area (Å²) in [4.78, 5) is 13.1. The lowest BCUT2D eigenvalue weighted by Crippen LogP contribution is -3.15. The maximum atomic E-state index is 12.8. The highest BCUT2D eigenvalue weighted by atomic mass is 32.2. The third kappa shape index (κ3) is 5.27. The van der Waals surface area contributed by atoms with Crippen molar-refractivity contribution in [1.82, 2.24) is 9.62 Å². The number of hydrogen-bond donors (Lipinski definition) is 2. The number of hydrogen-bond acceptors (Lipinski definition) is 4. The highest BCUT2D eigenvalue weighted by Crippen LogP contribution is 2.19. The fourth-order valence-electron chi connectivity index (χ4n) is 2.93. The topological polar surface area (TPSA) is 94.7 Å². The van der Waals surface area contributed by atoms with Gasteiger partial charge in [0.05, 0.1) is 36.6 Å². The Labute approximate surface area is 155 Å². The quantitative estimate of drug-likeness (QED) is 0.675. The lowest BCUT2D eigenvalue weighted by molar-refractivity contribution is -0.895. The maximum absolute atomic E-state index is 12.8. The van der Waals surface area contributed by atoms with Crippen LogP contribution in [0.25, 0.3) is 0 Å². The second-order valence-electron chi connectivity index (χ2n) is 6.97. The van der Waals surface area contributed by atoms with Gasteiger partial charge < -0.3 is 10.2 Å². The van der Waals surface area contributed by atoms with Gasteiger partial charge in [0.15, 0.2) is 6.54 Å². The molecule has 0 unspecified atom stereocenters. The number of carbonyl (C=O) groups is 1. The number of nitrogens with one attached hydrogen (secondary N) is 2. The molecule has 1 saturated heterocycles. The van der Waals surface area contributed by atoms with Gasteiger partial charge in [-0.2, -0.15) is 9.57 Å². The molecule has 0 saturated carbocycles. The second-order valence-corrected chi connectivity index (χ2v) is 8.88. The monoisotopic (exact) mass is 379 g/mol. The molecule has 0 bridgehead atoms. The summed E-state index contributed by atoms with van der Waals surface area (Å²) >= 11 is 0. The lowest BCUT2D eigenvalue weighted by Gasteiger charge is -2.31. The van der Waals surface area contributed by atoms with Crippen molar-refractivity contribution in [3.8, 4) is 6.07 Å². The third-order valence-corrected chi connectivity index (χ3v) is 6.47. The van der Waals surface area contributed by atoms with E-state index in [2.05, 4.69) is 19.2 Å². The molecule has 1 aromatic carbocycles. The Morgan fingerprint density at radius 2 is 1.96 bits per heavy atom. The van der Waals surface area contributed by atoms with Crippen LogP contribution in [-0.2, 0) is 14.8 Å². The Morgan fingerprint density at radius 1 is 1.31 bits per heavy atom. The van der Waals surface area contributed by atoms with E-state index in [1.165, 1.54) is 16.4 Å². The van der Waals surface area contributed by atoms with Gasteiger partial charge in [0.2, 0.25) is 10.0 Å². The number of carbonyl (C=O) groups excluding carboxylic acids is 1. The molecule has 1 aliphatic rings. The van der Waals surface area contributed by atoms with E-state index in [9.17, 15) is 13.2 Å². The van der Waals surface area contributed by atoms with Crippen molar-refractivity contribution < 1.29 is 18.1 Å². The predicted molar refractivity (Wildman–Crippen MR) is 97.9 cm³/mol. The molecular weight excluding hydrogens is 352 g/mol. The van der Waals surface area contributed by atoms with Crippen molar-refractivity contribution in [3.63, 3.8) is 0 Å². The third-order valence-electron chi connectivity index (χ3n) is 4.51. The van der Waals surface area contributed by atoms with E-state index in [0.717, 1.165) is 11.3 Å². The van der Waals surface area contributed by atoms with E-state index < -0.39 is 10.0 Å². The van der Waals surface area contributed by atoms with Crippen LogP contribution in [-0.4, -0.2) is 57.9 Å². The minimum absolute atomic E-state index is 0.00628. The molecule has 8 heteroatoms. The van der Waals surface area contributed by atoms with Gasteiger partial charge in [-0.25, -0.2) is 8.42 Å². The average molecular weight is 380 g/mol. The minimum atomic E-state index is -3.68. The number of piperazine rings is 1. The molecule has 0 aliphatic carbocycles. The van der Waals surface area contributed by atoms with Crippen molar-refractivity contribution >= 4 is 15.9 Å². The molecule has 2 rings (SSSR count). The van der Waals surface area contributed by atoms with Crippen LogP contribution in [0.3, 0.4) is 0 Å². The molecular formula is C18H27N4O3S+. The average Bonchev–Trinajstić information content (AvgIpc) is 2.61. The first-order chi connectivity index (χ1) is 12.3. The van der Waals surface area contributed by atoms with Crippen LogP contribution in [0.4, 0.5) is 0 Å². The van der Waals surface area contributed by atoms with Crippen molar-refractivity contribution in [2.24, 2.45) is 5.92 Å². The summed E-state index contributed by atoms with van der Waals surface area (Å²) in [5.74, 6) is 0.555.